The average molecular weight is 320 g/mol. The minimum atomic E-state index is 1.40. The molecule has 0 aliphatic rings. The summed E-state index contributed by atoms with van der Waals surface area (Å²) < 4.78 is 2.81. The predicted molar refractivity (Wildman–Crippen MR) is 71.1 cm³/mol. The molecule has 1 aromatic carbocycles. The Hall–Kier alpha value is 0.260. The van der Waals surface area contributed by atoms with Crippen molar-refractivity contribution in [3.63, 3.8) is 0 Å². The smallest absolute Gasteiger partial charge is 0.0356 e. The predicted octanol–water partition coefficient (Wildman–Crippen LogP) is 4.54. The summed E-state index contributed by atoms with van der Waals surface area (Å²) in [6.07, 6.45) is 2.14. The lowest BCUT2D eigenvalue weighted by Gasteiger charge is -2.06. The quantitative estimate of drug-likeness (QED) is 0.549. The first-order valence-corrected chi connectivity index (χ1v) is 7.12. The SMILES string of the molecule is CSc1c(C)cc2sccc2c1I. The van der Waals surface area contributed by atoms with Crippen molar-refractivity contribution in [2.24, 2.45) is 0 Å². The Morgan fingerprint density at radius 1 is 1.46 bits per heavy atom. The van der Waals surface area contributed by atoms with Crippen molar-refractivity contribution in [1.82, 2.24) is 0 Å². The third kappa shape index (κ3) is 1.62. The van der Waals surface area contributed by atoms with Crippen LogP contribution in [-0.2, 0) is 0 Å². The van der Waals surface area contributed by atoms with Crippen molar-refractivity contribution in [3.05, 3.63) is 26.6 Å². The van der Waals surface area contributed by atoms with Crippen LogP contribution in [0.2, 0.25) is 0 Å². The van der Waals surface area contributed by atoms with E-state index in [4.69, 9.17) is 0 Å². The Bertz CT molecular complexity index is 445. The maximum Gasteiger partial charge on any atom is 0.0356 e. The third-order valence-electron chi connectivity index (χ3n) is 2.04. The molecule has 0 saturated heterocycles. The maximum atomic E-state index is 2.45. The first-order valence-electron chi connectivity index (χ1n) is 3.94. The molecule has 0 unspecified atom stereocenters. The molecule has 0 spiro atoms. The monoisotopic (exact) mass is 320 g/mol. The number of hydrogen-bond acceptors (Lipinski definition) is 2. The van der Waals surface area contributed by atoms with Crippen LogP contribution in [0.1, 0.15) is 5.56 Å². The van der Waals surface area contributed by atoms with Crippen molar-refractivity contribution in [2.75, 3.05) is 6.26 Å². The standard InChI is InChI=1S/C10H9IS2/c1-6-5-8-7(3-4-13-8)9(11)10(6)12-2/h3-5H,1-2H3. The fourth-order valence-corrected chi connectivity index (χ4v) is 4.72. The molecule has 0 saturated carbocycles. The molecule has 0 fully saturated rings. The molecule has 0 amide bonds. The van der Waals surface area contributed by atoms with Crippen molar-refractivity contribution in [1.29, 1.82) is 0 Å². The summed E-state index contributed by atoms with van der Waals surface area (Å²) in [6, 6.07) is 4.49. The van der Waals surface area contributed by atoms with E-state index in [1.165, 1.54) is 24.1 Å². The summed E-state index contributed by atoms with van der Waals surface area (Å²) >= 11 is 6.11. The van der Waals surface area contributed by atoms with Crippen LogP contribution in [0.15, 0.2) is 22.4 Å². The summed E-state index contributed by atoms with van der Waals surface area (Å²) in [5, 5.41) is 3.57. The van der Waals surface area contributed by atoms with E-state index in [2.05, 4.69) is 53.3 Å². The number of aryl methyl sites for hydroxylation is 1. The summed E-state index contributed by atoms with van der Waals surface area (Å²) in [4.78, 5) is 1.42. The highest BCUT2D eigenvalue weighted by atomic mass is 127. The first kappa shape index (κ1) is 9.80. The lowest BCUT2D eigenvalue weighted by Crippen LogP contribution is -1.84. The maximum absolute atomic E-state index is 2.45. The Labute approximate surface area is 99.9 Å². The minimum absolute atomic E-state index is 1.40. The highest BCUT2D eigenvalue weighted by Gasteiger charge is 2.08. The van der Waals surface area contributed by atoms with E-state index in [9.17, 15) is 0 Å². The fourth-order valence-electron chi connectivity index (χ4n) is 1.42. The highest BCUT2D eigenvalue weighted by Crippen LogP contribution is 2.35. The van der Waals surface area contributed by atoms with E-state index >= 15 is 0 Å². The topological polar surface area (TPSA) is 0 Å². The molecule has 0 atom stereocenters. The van der Waals surface area contributed by atoms with Crippen LogP contribution in [0.25, 0.3) is 10.1 Å². The molecule has 1 heterocycles. The number of thiophene rings is 1. The van der Waals surface area contributed by atoms with Crippen LogP contribution in [0.3, 0.4) is 0 Å². The Balaban J connectivity index is 2.85. The van der Waals surface area contributed by atoms with E-state index in [1.807, 2.05) is 23.1 Å². The zero-order chi connectivity index (χ0) is 9.42. The molecule has 13 heavy (non-hydrogen) atoms. The summed E-state index contributed by atoms with van der Waals surface area (Å²) in [7, 11) is 0. The van der Waals surface area contributed by atoms with Gasteiger partial charge in [0.2, 0.25) is 0 Å². The van der Waals surface area contributed by atoms with Gasteiger partial charge >= 0.3 is 0 Å². The zero-order valence-corrected chi connectivity index (χ0v) is 11.2. The van der Waals surface area contributed by atoms with Gasteiger partial charge < -0.3 is 0 Å². The lowest BCUT2D eigenvalue weighted by molar-refractivity contribution is 1.31. The van der Waals surface area contributed by atoms with Gasteiger partial charge in [-0.2, -0.15) is 0 Å². The number of fused-ring (bicyclic) bond motifs is 1. The largest absolute Gasteiger partial charge is 0.144 e. The van der Waals surface area contributed by atoms with Gasteiger partial charge in [-0.3, -0.25) is 0 Å². The second-order valence-electron chi connectivity index (χ2n) is 2.87. The zero-order valence-electron chi connectivity index (χ0n) is 7.43. The molecule has 0 nitrogen and oxygen atoms in total. The Morgan fingerprint density at radius 2 is 2.23 bits per heavy atom. The van der Waals surface area contributed by atoms with E-state index < -0.39 is 0 Å². The van der Waals surface area contributed by atoms with E-state index in [0.29, 0.717) is 0 Å². The number of hydrogen-bond donors (Lipinski definition) is 0. The van der Waals surface area contributed by atoms with Crippen molar-refractivity contribution in [2.45, 2.75) is 11.8 Å². The van der Waals surface area contributed by atoms with Crippen LogP contribution < -0.4 is 0 Å². The van der Waals surface area contributed by atoms with E-state index in [0.717, 1.165) is 0 Å². The molecule has 0 aliphatic carbocycles. The summed E-state index contributed by atoms with van der Waals surface area (Å²) in [5.74, 6) is 0. The first-order chi connectivity index (χ1) is 6.24. The van der Waals surface area contributed by atoms with Gasteiger partial charge in [0.1, 0.15) is 0 Å². The molecule has 2 aromatic rings. The highest BCUT2D eigenvalue weighted by molar-refractivity contribution is 14.1. The number of rotatable bonds is 1. The van der Waals surface area contributed by atoms with Crippen LogP contribution in [-0.4, -0.2) is 6.26 Å². The lowest BCUT2D eigenvalue weighted by atomic mass is 10.2. The van der Waals surface area contributed by atoms with Crippen LogP contribution in [0, 0.1) is 10.5 Å². The average Bonchev–Trinajstić information content (AvgIpc) is 2.53. The van der Waals surface area contributed by atoms with Crippen LogP contribution in [0.5, 0.6) is 0 Å². The normalized spacial score (nSPS) is 11.0. The van der Waals surface area contributed by atoms with Crippen LogP contribution in [0.4, 0.5) is 0 Å². The van der Waals surface area contributed by atoms with E-state index in [-0.39, 0.29) is 0 Å². The van der Waals surface area contributed by atoms with Gasteiger partial charge in [-0.05, 0) is 58.8 Å². The van der Waals surface area contributed by atoms with Crippen molar-refractivity contribution < 1.29 is 0 Å². The number of halogens is 1. The molecule has 68 valence electrons. The number of benzene rings is 1. The van der Waals surface area contributed by atoms with Gasteiger partial charge in [0.15, 0.2) is 0 Å². The summed E-state index contributed by atoms with van der Waals surface area (Å²) in [6.45, 7) is 2.19. The Kier molecular flexibility index (Phi) is 2.86. The molecule has 0 radical (unpaired) electrons. The molecule has 2 rings (SSSR count). The Morgan fingerprint density at radius 3 is 2.92 bits per heavy atom. The van der Waals surface area contributed by atoms with Gasteiger partial charge in [0.25, 0.3) is 0 Å². The van der Waals surface area contributed by atoms with Gasteiger partial charge in [-0.1, -0.05) is 0 Å². The van der Waals surface area contributed by atoms with E-state index in [1.54, 1.807) is 0 Å². The van der Waals surface area contributed by atoms with Gasteiger partial charge in [0, 0.05) is 18.6 Å². The molecule has 1 aromatic heterocycles. The van der Waals surface area contributed by atoms with Gasteiger partial charge in [-0.25, -0.2) is 0 Å². The van der Waals surface area contributed by atoms with Gasteiger partial charge in [0.05, 0.1) is 0 Å². The second-order valence-corrected chi connectivity index (χ2v) is 5.72. The molecule has 3 heteroatoms. The number of thioether (sulfide) groups is 1. The summed E-state index contributed by atoms with van der Waals surface area (Å²) in [5.41, 5.74) is 1.40. The van der Waals surface area contributed by atoms with Crippen molar-refractivity contribution in [3.8, 4) is 0 Å². The fraction of sp³-hybridized carbons (Fsp3) is 0.200. The van der Waals surface area contributed by atoms with Gasteiger partial charge in [-0.15, -0.1) is 23.1 Å². The molecule has 0 N–H and O–H groups in total. The minimum Gasteiger partial charge on any atom is -0.144 e. The molecule has 0 bridgehead atoms. The second kappa shape index (κ2) is 3.79. The van der Waals surface area contributed by atoms with Crippen molar-refractivity contribution >= 4 is 55.8 Å². The molecule has 0 aliphatic heterocycles. The van der Waals surface area contributed by atoms with Crippen LogP contribution >= 0.6 is 45.7 Å². The third-order valence-corrected chi connectivity index (χ3v) is 5.33. The molecular weight excluding hydrogens is 311 g/mol. The molecular formula is C10H9IS2.